The van der Waals surface area contributed by atoms with Crippen molar-refractivity contribution in [3.05, 3.63) is 54.1 Å². The molecule has 1 saturated heterocycles. The minimum atomic E-state index is 0.874. The molecular formula is C15H15O. The molecule has 1 nitrogen and oxygen atoms in total. The van der Waals surface area contributed by atoms with E-state index in [1.54, 1.807) is 0 Å². The molecule has 81 valence electrons. The Hall–Kier alpha value is -1.34. The number of fused-ring (bicyclic) bond motifs is 1. The van der Waals surface area contributed by atoms with Crippen molar-refractivity contribution in [3.63, 3.8) is 0 Å². The van der Waals surface area contributed by atoms with Gasteiger partial charge in [-0.3, -0.25) is 0 Å². The molecule has 1 fully saturated rings. The van der Waals surface area contributed by atoms with Crippen LogP contribution < -0.4 is 0 Å². The number of rotatable bonds is 1. The van der Waals surface area contributed by atoms with Gasteiger partial charge in [-0.1, -0.05) is 42.5 Å². The standard InChI is InChI=1S/C15H15O/c1-2-8-13-12(6-1)7-5-9-14(13)15-10-3-4-11-16-15/h1-2,5-9H,3-4,10-11H2. The minimum absolute atomic E-state index is 0.874. The van der Waals surface area contributed by atoms with E-state index in [-0.39, 0.29) is 0 Å². The van der Waals surface area contributed by atoms with Gasteiger partial charge in [-0.15, -0.1) is 0 Å². The van der Waals surface area contributed by atoms with Crippen molar-refractivity contribution < 1.29 is 4.74 Å². The van der Waals surface area contributed by atoms with Crippen molar-refractivity contribution in [3.8, 4) is 0 Å². The second-order valence-electron chi connectivity index (χ2n) is 4.26. The van der Waals surface area contributed by atoms with E-state index in [9.17, 15) is 0 Å². The maximum absolute atomic E-state index is 5.79. The van der Waals surface area contributed by atoms with Gasteiger partial charge in [0.2, 0.25) is 0 Å². The summed E-state index contributed by atoms with van der Waals surface area (Å²) in [6, 6.07) is 14.9. The summed E-state index contributed by atoms with van der Waals surface area (Å²) < 4.78 is 5.79. The summed E-state index contributed by atoms with van der Waals surface area (Å²) >= 11 is 0. The lowest BCUT2D eigenvalue weighted by Crippen LogP contribution is -2.12. The van der Waals surface area contributed by atoms with Gasteiger partial charge in [0.25, 0.3) is 0 Å². The second kappa shape index (κ2) is 4.26. The average Bonchev–Trinajstić information content (AvgIpc) is 2.39. The Kier molecular flexibility index (Phi) is 2.63. The van der Waals surface area contributed by atoms with Gasteiger partial charge in [0.05, 0.1) is 0 Å². The summed E-state index contributed by atoms with van der Waals surface area (Å²) in [7, 11) is 0. The molecule has 0 spiro atoms. The zero-order valence-electron chi connectivity index (χ0n) is 9.28. The first-order valence-corrected chi connectivity index (χ1v) is 5.92. The van der Waals surface area contributed by atoms with Crippen molar-refractivity contribution in [2.75, 3.05) is 6.61 Å². The number of hydrogen-bond donors (Lipinski definition) is 0. The molecule has 1 aliphatic rings. The van der Waals surface area contributed by atoms with Gasteiger partial charge < -0.3 is 4.74 Å². The molecule has 1 heterocycles. The van der Waals surface area contributed by atoms with Crippen molar-refractivity contribution in [2.24, 2.45) is 0 Å². The van der Waals surface area contributed by atoms with Gasteiger partial charge in [-0.25, -0.2) is 0 Å². The van der Waals surface area contributed by atoms with E-state index in [1.807, 2.05) is 0 Å². The Labute approximate surface area is 96.0 Å². The minimum Gasteiger partial charge on any atom is -0.367 e. The lowest BCUT2D eigenvalue weighted by atomic mass is 9.96. The summed E-state index contributed by atoms with van der Waals surface area (Å²) in [6.45, 7) is 0.874. The van der Waals surface area contributed by atoms with Crippen LogP contribution in [0.2, 0.25) is 0 Å². The lowest BCUT2D eigenvalue weighted by Gasteiger charge is -2.22. The lowest BCUT2D eigenvalue weighted by molar-refractivity contribution is 0.118. The van der Waals surface area contributed by atoms with Crippen LogP contribution in [-0.4, -0.2) is 6.61 Å². The molecule has 2 aromatic carbocycles. The SMILES string of the molecule is c1ccc2c([C]3CCCCO3)cccc2c1. The fraction of sp³-hybridized carbons (Fsp3) is 0.267. The largest absolute Gasteiger partial charge is 0.367 e. The molecular weight excluding hydrogens is 196 g/mol. The van der Waals surface area contributed by atoms with Crippen LogP contribution in [0.1, 0.15) is 24.8 Å². The number of benzene rings is 2. The molecule has 1 heteroatoms. The molecule has 0 saturated carbocycles. The molecule has 0 amide bonds. The monoisotopic (exact) mass is 211 g/mol. The van der Waals surface area contributed by atoms with E-state index in [4.69, 9.17) is 4.74 Å². The van der Waals surface area contributed by atoms with E-state index >= 15 is 0 Å². The Bertz CT molecular complexity index is 478. The molecule has 3 rings (SSSR count). The summed E-state index contributed by atoms with van der Waals surface area (Å²) in [5, 5.41) is 2.60. The van der Waals surface area contributed by atoms with E-state index < -0.39 is 0 Å². The Balaban J connectivity index is 2.08. The van der Waals surface area contributed by atoms with Crippen LogP contribution in [0.4, 0.5) is 0 Å². The van der Waals surface area contributed by atoms with Crippen LogP contribution in [0.5, 0.6) is 0 Å². The van der Waals surface area contributed by atoms with Gasteiger partial charge in [-0.05, 0) is 35.6 Å². The molecule has 1 radical (unpaired) electrons. The molecule has 2 aromatic rings. The van der Waals surface area contributed by atoms with Gasteiger partial charge in [0, 0.05) is 6.61 Å². The first-order valence-electron chi connectivity index (χ1n) is 5.92. The van der Waals surface area contributed by atoms with Crippen molar-refractivity contribution in [1.82, 2.24) is 0 Å². The van der Waals surface area contributed by atoms with Crippen molar-refractivity contribution in [2.45, 2.75) is 19.3 Å². The molecule has 0 N–H and O–H groups in total. The number of ether oxygens (including phenoxy) is 1. The van der Waals surface area contributed by atoms with Crippen molar-refractivity contribution >= 4 is 10.8 Å². The Morgan fingerprint density at radius 3 is 2.62 bits per heavy atom. The highest BCUT2D eigenvalue weighted by Gasteiger charge is 2.18. The highest BCUT2D eigenvalue weighted by Crippen LogP contribution is 2.31. The number of hydrogen-bond acceptors (Lipinski definition) is 1. The van der Waals surface area contributed by atoms with Gasteiger partial charge >= 0.3 is 0 Å². The highest BCUT2D eigenvalue weighted by atomic mass is 16.5. The normalized spacial score (nSPS) is 17.8. The smallest absolute Gasteiger partial charge is 0.127 e. The van der Waals surface area contributed by atoms with E-state index in [0.29, 0.717) is 0 Å². The predicted molar refractivity (Wildman–Crippen MR) is 66.1 cm³/mol. The Morgan fingerprint density at radius 1 is 0.875 bits per heavy atom. The third-order valence-electron chi connectivity index (χ3n) is 3.16. The summed E-state index contributed by atoms with van der Waals surface area (Å²) in [6.07, 6.45) is 4.68. The van der Waals surface area contributed by atoms with Gasteiger partial charge in [-0.2, -0.15) is 0 Å². The maximum atomic E-state index is 5.79. The zero-order chi connectivity index (χ0) is 10.8. The summed E-state index contributed by atoms with van der Waals surface area (Å²) in [5.41, 5.74) is 1.28. The molecule has 0 aromatic heterocycles. The summed E-state index contributed by atoms with van der Waals surface area (Å²) in [4.78, 5) is 0. The van der Waals surface area contributed by atoms with E-state index in [1.165, 1.54) is 35.3 Å². The van der Waals surface area contributed by atoms with Crippen LogP contribution in [0, 0.1) is 6.10 Å². The predicted octanol–water partition coefficient (Wildman–Crippen LogP) is 3.92. The third kappa shape index (κ3) is 1.72. The fourth-order valence-corrected chi connectivity index (χ4v) is 2.34. The van der Waals surface area contributed by atoms with Gasteiger partial charge in [0.1, 0.15) is 6.10 Å². The van der Waals surface area contributed by atoms with E-state index in [2.05, 4.69) is 42.5 Å². The maximum Gasteiger partial charge on any atom is 0.127 e. The van der Waals surface area contributed by atoms with Crippen molar-refractivity contribution in [1.29, 1.82) is 0 Å². The van der Waals surface area contributed by atoms with Crippen LogP contribution >= 0.6 is 0 Å². The quantitative estimate of drug-likeness (QED) is 0.694. The molecule has 0 atom stereocenters. The zero-order valence-corrected chi connectivity index (χ0v) is 9.28. The average molecular weight is 211 g/mol. The molecule has 1 aliphatic heterocycles. The molecule has 0 unspecified atom stereocenters. The first kappa shape index (κ1) is 9.86. The van der Waals surface area contributed by atoms with Crippen LogP contribution in [-0.2, 0) is 4.74 Å². The first-order chi connectivity index (χ1) is 7.95. The fourth-order valence-electron chi connectivity index (χ4n) is 2.34. The van der Waals surface area contributed by atoms with Crippen LogP contribution in [0.15, 0.2) is 42.5 Å². The third-order valence-corrected chi connectivity index (χ3v) is 3.16. The highest BCUT2D eigenvalue weighted by molar-refractivity contribution is 5.87. The molecule has 16 heavy (non-hydrogen) atoms. The van der Waals surface area contributed by atoms with Crippen LogP contribution in [0.3, 0.4) is 0 Å². The van der Waals surface area contributed by atoms with E-state index in [0.717, 1.165) is 13.0 Å². The molecule has 0 bridgehead atoms. The topological polar surface area (TPSA) is 9.23 Å². The Morgan fingerprint density at radius 2 is 1.75 bits per heavy atom. The van der Waals surface area contributed by atoms with Gasteiger partial charge in [0.15, 0.2) is 0 Å². The summed E-state index contributed by atoms with van der Waals surface area (Å²) in [5.74, 6) is 0. The van der Waals surface area contributed by atoms with Crippen LogP contribution in [0.25, 0.3) is 10.8 Å². The molecule has 0 aliphatic carbocycles. The second-order valence-corrected chi connectivity index (χ2v) is 4.26.